The van der Waals surface area contributed by atoms with Crippen LogP contribution in [0.5, 0.6) is 5.75 Å². The van der Waals surface area contributed by atoms with Gasteiger partial charge in [0.25, 0.3) is 0 Å². The maximum atomic E-state index is 11.0. The maximum absolute atomic E-state index is 11.0. The van der Waals surface area contributed by atoms with Crippen LogP contribution in [0.25, 0.3) is 5.52 Å². The Labute approximate surface area is 92.0 Å². The van der Waals surface area contributed by atoms with E-state index in [1.807, 2.05) is 6.92 Å². The zero-order valence-electron chi connectivity index (χ0n) is 8.84. The fourth-order valence-electron chi connectivity index (χ4n) is 1.69. The van der Waals surface area contributed by atoms with E-state index in [2.05, 4.69) is 4.98 Å². The molecule has 0 aromatic carbocycles. The second-order valence-electron chi connectivity index (χ2n) is 3.57. The largest absolute Gasteiger partial charge is 0.508 e. The highest BCUT2D eigenvalue weighted by Crippen LogP contribution is 2.19. The van der Waals surface area contributed by atoms with Gasteiger partial charge >= 0.3 is 5.97 Å². The summed E-state index contributed by atoms with van der Waals surface area (Å²) in [6, 6.07) is 2.93. The number of aromatic carboxylic acids is 1. The first-order chi connectivity index (χ1) is 7.63. The number of carboxylic acid groups (broad SMARTS) is 1. The standard InChI is InChI=1S/C11H12N2O3/c1-2-3-9-12-10(11(15)16)8-6-7(14)4-5-13(8)9/h4-6,14H,2-3H2,1H3,(H,15,16). The summed E-state index contributed by atoms with van der Waals surface area (Å²) in [5.41, 5.74) is 0.412. The Morgan fingerprint density at radius 3 is 2.94 bits per heavy atom. The van der Waals surface area contributed by atoms with E-state index in [-0.39, 0.29) is 11.4 Å². The zero-order chi connectivity index (χ0) is 11.7. The van der Waals surface area contributed by atoms with Gasteiger partial charge in [-0.2, -0.15) is 0 Å². The predicted octanol–water partition coefficient (Wildman–Crippen LogP) is 1.69. The van der Waals surface area contributed by atoms with Gasteiger partial charge in [0, 0.05) is 18.7 Å². The van der Waals surface area contributed by atoms with Crippen molar-refractivity contribution in [3.8, 4) is 5.75 Å². The summed E-state index contributed by atoms with van der Waals surface area (Å²) in [6.45, 7) is 2.00. The lowest BCUT2D eigenvalue weighted by Crippen LogP contribution is -1.97. The van der Waals surface area contributed by atoms with Crippen molar-refractivity contribution in [1.82, 2.24) is 9.38 Å². The van der Waals surface area contributed by atoms with E-state index in [1.54, 1.807) is 10.6 Å². The van der Waals surface area contributed by atoms with E-state index in [0.717, 1.165) is 6.42 Å². The van der Waals surface area contributed by atoms with Crippen molar-refractivity contribution in [3.05, 3.63) is 29.8 Å². The molecule has 0 spiro atoms. The molecule has 16 heavy (non-hydrogen) atoms. The first kappa shape index (κ1) is 10.5. The van der Waals surface area contributed by atoms with Crippen molar-refractivity contribution < 1.29 is 15.0 Å². The van der Waals surface area contributed by atoms with Crippen LogP contribution in [0.2, 0.25) is 0 Å². The summed E-state index contributed by atoms with van der Waals surface area (Å²) in [4.78, 5) is 15.1. The highest BCUT2D eigenvalue weighted by atomic mass is 16.4. The Hall–Kier alpha value is -2.04. The lowest BCUT2D eigenvalue weighted by atomic mass is 10.3. The molecule has 0 saturated heterocycles. The summed E-state index contributed by atoms with van der Waals surface area (Å²) in [5.74, 6) is -0.335. The molecule has 2 aromatic heterocycles. The van der Waals surface area contributed by atoms with Gasteiger partial charge in [-0.3, -0.25) is 0 Å². The van der Waals surface area contributed by atoms with Crippen LogP contribution in [-0.4, -0.2) is 25.6 Å². The van der Waals surface area contributed by atoms with Gasteiger partial charge in [-0.1, -0.05) is 6.92 Å². The SMILES string of the molecule is CCCc1nc(C(=O)O)c2cc(O)ccn12. The monoisotopic (exact) mass is 220 g/mol. The van der Waals surface area contributed by atoms with Crippen molar-refractivity contribution in [3.63, 3.8) is 0 Å². The molecule has 0 saturated carbocycles. The molecule has 84 valence electrons. The van der Waals surface area contributed by atoms with Crippen molar-refractivity contribution in [2.45, 2.75) is 19.8 Å². The fourth-order valence-corrected chi connectivity index (χ4v) is 1.69. The van der Waals surface area contributed by atoms with Gasteiger partial charge < -0.3 is 14.6 Å². The van der Waals surface area contributed by atoms with Gasteiger partial charge in [-0.05, 0) is 12.5 Å². The van der Waals surface area contributed by atoms with Crippen LogP contribution >= 0.6 is 0 Å². The molecule has 0 atom stereocenters. The van der Waals surface area contributed by atoms with Crippen molar-refractivity contribution in [2.75, 3.05) is 0 Å². The molecule has 2 heterocycles. The third kappa shape index (κ3) is 1.60. The van der Waals surface area contributed by atoms with Gasteiger partial charge in [-0.15, -0.1) is 0 Å². The van der Waals surface area contributed by atoms with Gasteiger partial charge in [0.05, 0.1) is 5.52 Å². The highest BCUT2D eigenvalue weighted by Gasteiger charge is 2.16. The summed E-state index contributed by atoms with van der Waals surface area (Å²) in [5, 5.41) is 18.3. The smallest absolute Gasteiger partial charge is 0.356 e. The van der Waals surface area contributed by atoms with Crippen LogP contribution in [0.1, 0.15) is 29.7 Å². The van der Waals surface area contributed by atoms with Crippen molar-refractivity contribution in [2.24, 2.45) is 0 Å². The molecule has 5 nitrogen and oxygen atoms in total. The number of fused-ring (bicyclic) bond motifs is 1. The predicted molar refractivity (Wildman–Crippen MR) is 57.8 cm³/mol. The van der Waals surface area contributed by atoms with E-state index in [9.17, 15) is 9.90 Å². The first-order valence-corrected chi connectivity index (χ1v) is 5.06. The molecule has 0 aliphatic rings. The van der Waals surface area contributed by atoms with Crippen LogP contribution in [0.15, 0.2) is 18.3 Å². The van der Waals surface area contributed by atoms with Crippen LogP contribution in [0.3, 0.4) is 0 Å². The number of hydrogen-bond donors (Lipinski definition) is 2. The summed E-state index contributed by atoms with van der Waals surface area (Å²) in [7, 11) is 0. The van der Waals surface area contributed by atoms with Crippen LogP contribution in [0, 0.1) is 0 Å². The molecule has 0 amide bonds. The number of nitrogens with zero attached hydrogens (tertiary/aromatic N) is 2. The Morgan fingerprint density at radius 2 is 2.31 bits per heavy atom. The number of hydrogen-bond acceptors (Lipinski definition) is 3. The van der Waals surface area contributed by atoms with Crippen LogP contribution in [0.4, 0.5) is 0 Å². The number of pyridine rings is 1. The maximum Gasteiger partial charge on any atom is 0.356 e. The van der Waals surface area contributed by atoms with E-state index in [0.29, 0.717) is 17.8 Å². The third-order valence-electron chi connectivity index (χ3n) is 2.38. The number of rotatable bonds is 3. The molecule has 0 radical (unpaired) electrons. The molecule has 5 heteroatoms. The molecule has 0 aliphatic carbocycles. The van der Waals surface area contributed by atoms with Crippen LogP contribution < -0.4 is 0 Å². The lowest BCUT2D eigenvalue weighted by molar-refractivity contribution is 0.0693. The second-order valence-corrected chi connectivity index (χ2v) is 3.57. The molecule has 0 bridgehead atoms. The Balaban J connectivity index is 2.71. The Bertz CT molecular complexity index is 545. The highest BCUT2D eigenvalue weighted by molar-refractivity contribution is 5.94. The zero-order valence-corrected chi connectivity index (χ0v) is 8.84. The summed E-state index contributed by atoms with van der Waals surface area (Å²) >= 11 is 0. The third-order valence-corrected chi connectivity index (χ3v) is 2.38. The lowest BCUT2D eigenvalue weighted by Gasteiger charge is -1.99. The normalized spacial score (nSPS) is 10.8. The molecule has 2 rings (SSSR count). The number of aromatic hydroxyl groups is 1. The molecule has 0 fully saturated rings. The van der Waals surface area contributed by atoms with Gasteiger partial charge in [0.15, 0.2) is 5.69 Å². The van der Waals surface area contributed by atoms with Gasteiger partial charge in [0.2, 0.25) is 0 Å². The minimum absolute atomic E-state index is 0.0145. The molecular weight excluding hydrogens is 208 g/mol. The number of imidazole rings is 1. The van der Waals surface area contributed by atoms with E-state index in [4.69, 9.17) is 5.11 Å². The van der Waals surface area contributed by atoms with E-state index in [1.165, 1.54) is 12.1 Å². The van der Waals surface area contributed by atoms with Gasteiger partial charge in [0.1, 0.15) is 11.6 Å². The summed E-state index contributed by atoms with van der Waals surface area (Å²) < 4.78 is 1.70. The number of aromatic nitrogens is 2. The molecule has 2 N–H and O–H groups in total. The molecule has 2 aromatic rings. The fraction of sp³-hybridized carbons (Fsp3) is 0.273. The first-order valence-electron chi connectivity index (χ1n) is 5.06. The molecule has 0 aliphatic heterocycles. The average Bonchev–Trinajstić information content (AvgIpc) is 2.57. The number of aryl methyl sites for hydroxylation is 1. The van der Waals surface area contributed by atoms with Crippen molar-refractivity contribution >= 4 is 11.5 Å². The minimum atomic E-state index is -1.08. The minimum Gasteiger partial charge on any atom is -0.508 e. The quantitative estimate of drug-likeness (QED) is 0.825. The van der Waals surface area contributed by atoms with Gasteiger partial charge in [-0.25, -0.2) is 9.78 Å². The van der Waals surface area contributed by atoms with Crippen molar-refractivity contribution in [1.29, 1.82) is 0 Å². The number of carbonyl (C=O) groups is 1. The van der Waals surface area contributed by atoms with E-state index >= 15 is 0 Å². The molecule has 0 unspecified atom stereocenters. The Kier molecular flexibility index (Phi) is 2.52. The average molecular weight is 220 g/mol. The summed E-state index contributed by atoms with van der Waals surface area (Å²) in [6.07, 6.45) is 3.23. The topological polar surface area (TPSA) is 74.8 Å². The second kappa shape index (κ2) is 3.84. The van der Waals surface area contributed by atoms with Crippen LogP contribution in [-0.2, 0) is 6.42 Å². The van der Waals surface area contributed by atoms with E-state index < -0.39 is 5.97 Å². The molecular formula is C11H12N2O3. The Morgan fingerprint density at radius 1 is 1.56 bits per heavy atom. The number of carboxylic acids is 1.